The van der Waals surface area contributed by atoms with Crippen LogP contribution in [0.1, 0.15) is 16.4 Å². The molecule has 0 amide bonds. The Morgan fingerprint density at radius 1 is 1.22 bits per heavy atom. The van der Waals surface area contributed by atoms with E-state index in [1.54, 1.807) is 18.2 Å². The van der Waals surface area contributed by atoms with Gasteiger partial charge in [0.2, 0.25) is 11.6 Å². The number of aromatic amines is 1. The molecule has 0 saturated carbocycles. The zero-order valence-corrected chi connectivity index (χ0v) is 12.7. The van der Waals surface area contributed by atoms with Crippen LogP contribution < -0.4 is 5.73 Å². The maximum Gasteiger partial charge on any atom is 0.268 e. The van der Waals surface area contributed by atoms with E-state index in [0.29, 0.717) is 11.4 Å². The van der Waals surface area contributed by atoms with Gasteiger partial charge < -0.3 is 10.2 Å². The molecule has 1 aromatic carbocycles. The van der Waals surface area contributed by atoms with Crippen LogP contribution in [-0.4, -0.2) is 26.7 Å². The van der Waals surface area contributed by atoms with Crippen molar-refractivity contribution in [3.63, 3.8) is 0 Å². The Morgan fingerprint density at radius 2 is 2.00 bits per heavy atom. The molecule has 2 heterocycles. The average Bonchev–Trinajstić information content (AvgIpc) is 3.21. The number of ketones is 2. The van der Waals surface area contributed by atoms with Crippen LogP contribution in [0.2, 0.25) is 0 Å². The number of carbonyl (C=O) groups excluding carboxylic acids is 2. The quantitative estimate of drug-likeness (QED) is 0.404. The van der Waals surface area contributed by atoms with Crippen molar-refractivity contribution >= 4 is 29.0 Å². The number of Topliss-reactive ketones (excluding diaryl/α,β-unsaturated/α-hetero) is 2. The molecule has 0 fully saturated rings. The van der Waals surface area contributed by atoms with Crippen molar-refractivity contribution in [3.8, 4) is 0 Å². The van der Waals surface area contributed by atoms with Crippen molar-refractivity contribution in [1.82, 2.24) is 15.2 Å². The third kappa shape index (κ3) is 3.49. The maximum absolute atomic E-state index is 12.0. The molecule has 23 heavy (non-hydrogen) atoms. The monoisotopic (exact) mass is 328 g/mol. The van der Waals surface area contributed by atoms with Crippen molar-refractivity contribution in [1.29, 1.82) is 0 Å². The predicted molar refractivity (Wildman–Crippen MR) is 83.1 cm³/mol. The number of nitrogens with zero attached hydrogens (tertiary/aromatic N) is 2. The van der Waals surface area contributed by atoms with E-state index in [-0.39, 0.29) is 12.2 Å². The minimum Gasteiger partial charge on any atom is -0.468 e. The van der Waals surface area contributed by atoms with Gasteiger partial charge in [0, 0.05) is 10.6 Å². The van der Waals surface area contributed by atoms with Gasteiger partial charge in [-0.1, -0.05) is 11.8 Å². The minimum atomic E-state index is -0.744. The van der Waals surface area contributed by atoms with E-state index in [4.69, 9.17) is 10.2 Å². The number of nitrogen functional groups attached to an aromatic ring is 1. The number of benzene rings is 1. The molecule has 0 aliphatic carbocycles. The first-order valence-electron chi connectivity index (χ1n) is 6.66. The topological polar surface area (TPSA) is 115 Å². The summed E-state index contributed by atoms with van der Waals surface area (Å²) in [6.07, 6.45) is 2.59. The molecule has 8 heteroatoms. The van der Waals surface area contributed by atoms with Crippen LogP contribution in [0.25, 0.3) is 0 Å². The lowest BCUT2D eigenvalue weighted by Gasteiger charge is -2.02. The summed E-state index contributed by atoms with van der Waals surface area (Å²) in [7, 11) is 0. The number of H-pyrrole nitrogens is 1. The number of aromatic nitrogens is 3. The summed E-state index contributed by atoms with van der Waals surface area (Å²) in [5.41, 5.74) is 6.33. The lowest BCUT2D eigenvalue weighted by atomic mass is 10.1. The second-order valence-corrected chi connectivity index (χ2v) is 5.75. The van der Waals surface area contributed by atoms with E-state index in [9.17, 15) is 9.59 Å². The van der Waals surface area contributed by atoms with Crippen LogP contribution in [0.4, 0.5) is 5.69 Å². The predicted octanol–water partition coefficient (Wildman–Crippen LogP) is 2.13. The maximum atomic E-state index is 12.0. The number of nitrogens with one attached hydrogen (secondary N) is 1. The second-order valence-electron chi connectivity index (χ2n) is 4.63. The fourth-order valence-corrected chi connectivity index (χ4v) is 2.76. The van der Waals surface area contributed by atoms with Crippen LogP contribution in [0.15, 0.2) is 57.1 Å². The van der Waals surface area contributed by atoms with E-state index in [1.165, 1.54) is 24.4 Å². The molecule has 0 saturated heterocycles. The van der Waals surface area contributed by atoms with Crippen molar-refractivity contribution in [2.75, 3.05) is 5.73 Å². The summed E-state index contributed by atoms with van der Waals surface area (Å²) in [6, 6.07) is 9.08. The Kier molecular flexibility index (Phi) is 4.24. The molecule has 3 aromatic rings. The first kappa shape index (κ1) is 15.0. The van der Waals surface area contributed by atoms with Gasteiger partial charge in [0.25, 0.3) is 5.78 Å². The second kappa shape index (κ2) is 6.49. The lowest BCUT2D eigenvalue weighted by Crippen LogP contribution is -2.18. The highest BCUT2D eigenvalue weighted by Gasteiger charge is 2.22. The Hall–Kier alpha value is -2.87. The van der Waals surface area contributed by atoms with E-state index >= 15 is 0 Å². The van der Waals surface area contributed by atoms with Gasteiger partial charge in [-0.3, -0.25) is 14.7 Å². The molecule has 0 bridgehead atoms. The smallest absolute Gasteiger partial charge is 0.268 e. The molecule has 7 nitrogen and oxygen atoms in total. The SMILES string of the molecule is Nc1ccc(Sc2ccoc2CC(=O)C(=O)c2nc[nH]n2)cc1. The van der Waals surface area contributed by atoms with Crippen LogP contribution in [0, 0.1) is 0 Å². The normalized spacial score (nSPS) is 10.6. The average molecular weight is 328 g/mol. The number of furan rings is 1. The van der Waals surface area contributed by atoms with Crippen molar-refractivity contribution in [3.05, 3.63) is 54.5 Å². The molecule has 0 aliphatic rings. The van der Waals surface area contributed by atoms with Crippen LogP contribution >= 0.6 is 11.8 Å². The number of nitrogens with two attached hydrogens (primary N) is 1. The molecular formula is C15H12N4O3S. The Bertz CT molecular complexity index is 825. The molecule has 116 valence electrons. The standard InChI is InChI=1S/C15H12N4O3S/c16-9-1-3-10(4-2-9)23-13-5-6-22-12(13)7-11(20)14(21)15-17-8-18-19-15/h1-6,8H,7,16H2,(H,17,18,19). The molecule has 3 rings (SSSR count). The summed E-state index contributed by atoms with van der Waals surface area (Å²) in [4.78, 5) is 29.3. The van der Waals surface area contributed by atoms with Gasteiger partial charge in [-0.25, -0.2) is 4.98 Å². The Balaban J connectivity index is 1.72. The van der Waals surface area contributed by atoms with Gasteiger partial charge in [-0.2, -0.15) is 0 Å². The minimum absolute atomic E-state index is 0.141. The van der Waals surface area contributed by atoms with Crippen molar-refractivity contribution in [2.24, 2.45) is 0 Å². The third-order valence-electron chi connectivity index (χ3n) is 3.00. The van der Waals surface area contributed by atoms with Gasteiger partial charge in [0.1, 0.15) is 12.1 Å². The number of hydrogen-bond acceptors (Lipinski definition) is 7. The lowest BCUT2D eigenvalue weighted by molar-refractivity contribution is -0.114. The number of hydrogen-bond donors (Lipinski definition) is 2. The van der Waals surface area contributed by atoms with Crippen molar-refractivity contribution in [2.45, 2.75) is 16.2 Å². The highest BCUT2D eigenvalue weighted by molar-refractivity contribution is 7.99. The first-order chi connectivity index (χ1) is 11.1. The molecular weight excluding hydrogens is 316 g/mol. The van der Waals surface area contributed by atoms with Gasteiger partial charge in [0.15, 0.2) is 0 Å². The van der Waals surface area contributed by atoms with Gasteiger partial charge in [-0.15, -0.1) is 5.10 Å². The van der Waals surface area contributed by atoms with Gasteiger partial charge >= 0.3 is 0 Å². The Morgan fingerprint density at radius 3 is 2.70 bits per heavy atom. The van der Waals surface area contributed by atoms with E-state index in [0.717, 1.165) is 9.79 Å². The van der Waals surface area contributed by atoms with Crippen LogP contribution in [0.5, 0.6) is 0 Å². The highest BCUT2D eigenvalue weighted by Crippen LogP contribution is 2.32. The van der Waals surface area contributed by atoms with E-state index in [1.807, 2.05) is 12.1 Å². The first-order valence-corrected chi connectivity index (χ1v) is 7.48. The third-order valence-corrected chi connectivity index (χ3v) is 4.10. The molecule has 0 radical (unpaired) electrons. The fourth-order valence-electron chi connectivity index (χ4n) is 1.88. The molecule has 0 unspecified atom stereocenters. The zero-order valence-electron chi connectivity index (χ0n) is 11.9. The highest BCUT2D eigenvalue weighted by atomic mass is 32.2. The van der Waals surface area contributed by atoms with Crippen LogP contribution in [0.3, 0.4) is 0 Å². The summed E-state index contributed by atoms with van der Waals surface area (Å²) >= 11 is 1.43. The van der Waals surface area contributed by atoms with E-state index in [2.05, 4.69) is 15.2 Å². The molecule has 0 atom stereocenters. The van der Waals surface area contributed by atoms with E-state index < -0.39 is 11.6 Å². The molecule has 3 N–H and O–H groups in total. The number of rotatable bonds is 6. The Labute approximate surface area is 135 Å². The summed E-state index contributed by atoms with van der Waals surface area (Å²) in [5, 5.41) is 6.01. The largest absolute Gasteiger partial charge is 0.468 e. The number of anilines is 1. The molecule has 0 spiro atoms. The summed E-state index contributed by atoms with van der Waals surface area (Å²) in [5.74, 6) is -1.08. The molecule has 0 aliphatic heterocycles. The van der Waals surface area contributed by atoms with Crippen LogP contribution in [-0.2, 0) is 11.2 Å². The van der Waals surface area contributed by atoms with Gasteiger partial charge in [-0.05, 0) is 30.3 Å². The number of carbonyl (C=O) groups is 2. The van der Waals surface area contributed by atoms with Gasteiger partial charge in [0.05, 0.1) is 17.6 Å². The zero-order chi connectivity index (χ0) is 16.2. The summed E-state index contributed by atoms with van der Waals surface area (Å²) < 4.78 is 5.33. The molecule has 2 aromatic heterocycles. The summed E-state index contributed by atoms with van der Waals surface area (Å²) in [6.45, 7) is 0. The van der Waals surface area contributed by atoms with Crippen molar-refractivity contribution < 1.29 is 14.0 Å². The fraction of sp³-hybridized carbons (Fsp3) is 0.0667.